The summed E-state index contributed by atoms with van der Waals surface area (Å²) < 4.78 is 0. The number of hydrogen-bond donors (Lipinski definition) is 0. The Morgan fingerprint density at radius 1 is 1.35 bits per heavy atom. The summed E-state index contributed by atoms with van der Waals surface area (Å²) in [6, 6.07) is 4.29. The second-order valence-corrected chi connectivity index (χ2v) is 4.88. The molecule has 0 aromatic carbocycles. The van der Waals surface area contributed by atoms with Gasteiger partial charge in [0.05, 0.1) is 0 Å². The maximum atomic E-state index is 5.74. The molecule has 1 aromatic rings. The van der Waals surface area contributed by atoms with Crippen LogP contribution in [-0.4, -0.2) is 47.8 Å². The Morgan fingerprint density at radius 3 is 2.59 bits per heavy atom. The SMILES string of the molecule is CCN1CCC(N(C)c2ccc(Cl)nn2)CC1. The highest BCUT2D eigenvalue weighted by atomic mass is 35.5. The van der Waals surface area contributed by atoms with Crippen molar-refractivity contribution in [2.24, 2.45) is 0 Å². The zero-order chi connectivity index (χ0) is 12.3. The fourth-order valence-electron chi connectivity index (χ4n) is 2.31. The molecule has 0 bridgehead atoms. The van der Waals surface area contributed by atoms with Gasteiger partial charge in [0.1, 0.15) is 0 Å². The average Bonchev–Trinajstić information content (AvgIpc) is 2.39. The summed E-state index contributed by atoms with van der Waals surface area (Å²) in [7, 11) is 2.09. The molecule has 0 amide bonds. The molecule has 0 aliphatic carbocycles. The number of piperidine rings is 1. The highest BCUT2D eigenvalue weighted by molar-refractivity contribution is 6.29. The largest absolute Gasteiger partial charge is 0.355 e. The lowest BCUT2D eigenvalue weighted by Crippen LogP contribution is -2.43. The molecule has 1 aliphatic rings. The van der Waals surface area contributed by atoms with Crippen molar-refractivity contribution in [2.45, 2.75) is 25.8 Å². The normalized spacial score (nSPS) is 18.3. The van der Waals surface area contributed by atoms with Gasteiger partial charge in [-0.25, -0.2) is 0 Å². The molecule has 1 aliphatic heterocycles. The van der Waals surface area contributed by atoms with Gasteiger partial charge in [-0.15, -0.1) is 10.2 Å². The monoisotopic (exact) mass is 254 g/mol. The van der Waals surface area contributed by atoms with Crippen molar-refractivity contribution in [1.29, 1.82) is 0 Å². The minimum Gasteiger partial charge on any atom is -0.355 e. The Morgan fingerprint density at radius 2 is 2.06 bits per heavy atom. The van der Waals surface area contributed by atoms with E-state index in [0.29, 0.717) is 11.2 Å². The molecular formula is C12H19ClN4. The van der Waals surface area contributed by atoms with Crippen molar-refractivity contribution in [2.75, 3.05) is 31.6 Å². The van der Waals surface area contributed by atoms with E-state index in [0.717, 1.165) is 12.4 Å². The Labute approximate surface area is 108 Å². The first-order chi connectivity index (χ1) is 8.20. The smallest absolute Gasteiger partial charge is 0.151 e. The molecule has 4 nitrogen and oxygen atoms in total. The van der Waals surface area contributed by atoms with Crippen LogP contribution in [0.15, 0.2) is 12.1 Å². The third-order valence-electron chi connectivity index (χ3n) is 3.53. The maximum Gasteiger partial charge on any atom is 0.151 e. The van der Waals surface area contributed by atoms with Crippen LogP contribution < -0.4 is 4.90 Å². The lowest BCUT2D eigenvalue weighted by molar-refractivity contribution is 0.220. The third kappa shape index (κ3) is 3.07. The average molecular weight is 255 g/mol. The molecule has 1 aromatic heterocycles. The predicted octanol–water partition coefficient (Wildman–Crippen LogP) is 2.05. The van der Waals surface area contributed by atoms with Crippen LogP contribution in [0.25, 0.3) is 0 Å². The number of halogens is 1. The summed E-state index contributed by atoms with van der Waals surface area (Å²) in [5.74, 6) is 0.907. The van der Waals surface area contributed by atoms with Crippen LogP contribution in [0.5, 0.6) is 0 Å². The number of hydrogen-bond acceptors (Lipinski definition) is 4. The second kappa shape index (κ2) is 5.65. The van der Waals surface area contributed by atoms with E-state index in [9.17, 15) is 0 Å². The summed E-state index contributed by atoms with van der Waals surface area (Å²) in [5, 5.41) is 8.46. The second-order valence-electron chi connectivity index (χ2n) is 4.49. The Hall–Kier alpha value is -0.870. The number of rotatable bonds is 3. The number of nitrogens with zero attached hydrogens (tertiary/aromatic N) is 4. The highest BCUT2D eigenvalue weighted by Crippen LogP contribution is 2.20. The molecule has 2 heterocycles. The topological polar surface area (TPSA) is 32.3 Å². The van der Waals surface area contributed by atoms with Gasteiger partial charge in [0.15, 0.2) is 11.0 Å². The van der Waals surface area contributed by atoms with Gasteiger partial charge in [-0.1, -0.05) is 18.5 Å². The van der Waals surface area contributed by atoms with Crippen LogP contribution >= 0.6 is 11.6 Å². The van der Waals surface area contributed by atoms with E-state index in [2.05, 4.69) is 34.0 Å². The molecule has 0 N–H and O–H groups in total. The van der Waals surface area contributed by atoms with E-state index >= 15 is 0 Å². The van der Waals surface area contributed by atoms with Gasteiger partial charge in [0.25, 0.3) is 0 Å². The Balaban J connectivity index is 1.96. The fourth-order valence-corrected chi connectivity index (χ4v) is 2.41. The molecule has 1 saturated heterocycles. The maximum absolute atomic E-state index is 5.74. The fraction of sp³-hybridized carbons (Fsp3) is 0.667. The van der Waals surface area contributed by atoms with E-state index in [1.807, 2.05) is 6.07 Å². The van der Waals surface area contributed by atoms with Gasteiger partial charge < -0.3 is 9.80 Å². The predicted molar refractivity (Wildman–Crippen MR) is 70.6 cm³/mol. The molecular weight excluding hydrogens is 236 g/mol. The number of likely N-dealkylation sites (tertiary alicyclic amines) is 1. The molecule has 0 radical (unpaired) electrons. The van der Waals surface area contributed by atoms with Gasteiger partial charge in [-0.05, 0) is 31.5 Å². The summed E-state index contributed by atoms with van der Waals surface area (Å²) >= 11 is 5.74. The zero-order valence-corrected chi connectivity index (χ0v) is 11.2. The Kier molecular flexibility index (Phi) is 4.18. The van der Waals surface area contributed by atoms with Crippen LogP contribution in [-0.2, 0) is 0 Å². The van der Waals surface area contributed by atoms with Crippen molar-refractivity contribution in [3.05, 3.63) is 17.3 Å². The molecule has 94 valence electrons. The Bertz CT molecular complexity index is 346. The quantitative estimate of drug-likeness (QED) is 0.827. The standard InChI is InChI=1S/C12H19ClN4/c1-3-17-8-6-10(7-9-17)16(2)12-5-4-11(13)14-15-12/h4-5,10H,3,6-9H2,1-2H3. The summed E-state index contributed by atoms with van der Waals surface area (Å²) in [6.45, 7) is 5.71. The summed E-state index contributed by atoms with van der Waals surface area (Å²) in [4.78, 5) is 4.70. The molecule has 2 rings (SSSR count). The van der Waals surface area contributed by atoms with Crippen LogP contribution in [0, 0.1) is 0 Å². The van der Waals surface area contributed by atoms with Crippen molar-refractivity contribution in [3.63, 3.8) is 0 Å². The first-order valence-corrected chi connectivity index (χ1v) is 6.53. The molecule has 0 unspecified atom stereocenters. The van der Waals surface area contributed by atoms with Crippen LogP contribution in [0.2, 0.25) is 5.15 Å². The van der Waals surface area contributed by atoms with Crippen LogP contribution in [0.1, 0.15) is 19.8 Å². The van der Waals surface area contributed by atoms with Crippen molar-refractivity contribution >= 4 is 17.4 Å². The minimum absolute atomic E-state index is 0.447. The lowest BCUT2D eigenvalue weighted by atomic mass is 10.0. The molecule has 5 heteroatoms. The van der Waals surface area contributed by atoms with Crippen molar-refractivity contribution < 1.29 is 0 Å². The van der Waals surface area contributed by atoms with E-state index in [-0.39, 0.29) is 0 Å². The first-order valence-electron chi connectivity index (χ1n) is 6.15. The van der Waals surface area contributed by atoms with E-state index in [1.165, 1.54) is 25.9 Å². The molecule has 0 spiro atoms. The molecule has 17 heavy (non-hydrogen) atoms. The molecule has 0 saturated carbocycles. The van der Waals surface area contributed by atoms with E-state index in [4.69, 9.17) is 11.6 Å². The minimum atomic E-state index is 0.447. The van der Waals surface area contributed by atoms with Gasteiger partial charge >= 0.3 is 0 Å². The van der Waals surface area contributed by atoms with Crippen molar-refractivity contribution in [3.8, 4) is 0 Å². The van der Waals surface area contributed by atoms with E-state index in [1.54, 1.807) is 6.07 Å². The summed E-state index contributed by atoms with van der Waals surface area (Å²) in [5.41, 5.74) is 0. The lowest BCUT2D eigenvalue weighted by Gasteiger charge is -2.36. The van der Waals surface area contributed by atoms with Gasteiger partial charge in [0, 0.05) is 26.2 Å². The third-order valence-corrected chi connectivity index (χ3v) is 3.73. The number of aromatic nitrogens is 2. The van der Waals surface area contributed by atoms with Crippen LogP contribution in [0.3, 0.4) is 0 Å². The molecule has 0 atom stereocenters. The van der Waals surface area contributed by atoms with Crippen molar-refractivity contribution in [1.82, 2.24) is 15.1 Å². The molecule has 1 fully saturated rings. The first kappa shape index (κ1) is 12.6. The zero-order valence-electron chi connectivity index (χ0n) is 10.4. The number of anilines is 1. The van der Waals surface area contributed by atoms with Gasteiger partial charge in [-0.3, -0.25) is 0 Å². The van der Waals surface area contributed by atoms with Gasteiger partial charge in [0.2, 0.25) is 0 Å². The van der Waals surface area contributed by atoms with E-state index < -0.39 is 0 Å². The summed E-state index contributed by atoms with van der Waals surface area (Å²) in [6.07, 6.45) is 2.38. The van der Waals surface area contributed by atoms with Gasteiger partial charge in [-0.2, -0.15) is 0 Å². The highest BCUT2D eigenvalue weighted by Gasteiger charge is 2.22. The van der Waals surface area contributed by atoms with Crippen LogP contribution in [0.4, 0.5) is 5.82 Å².